The van der Waals surface area contributed by atoms with E-state index in [9.17, 15) is 8.42 Å². The van der Waals surface area contributed by atoms with Crippen molar-refractivity contribution in [1.82, 2.24) is 9.29 Å². The van der Waals surface area contributed by atoms with E-state index in [0.29, 0.717) is 36.4 Å². The van der Waals surface area contributed by atoms with E-state index in [1.807, 2.05) is 29.2 Å². The molecule has 1 aliphatic heterocycles. The lowest BCUT2D eigenvalue weighted by Crippen LogP contribution is -2.48. The third-order valence-electron chi connectivity index (χ3n) is 3.93. The van der Waals surface area contributed by atoms with Crippen LogP contribution in [0.1, 0.15) is 0 Å². The molecular weight excluding hydrogens is 414 g/mol. The van der Waals surface area contributed by atoms with E-state index < -0.39 is 10.0 Å². The van der Waals surface area contributed by atoms with Crippen LogP contribution in [-0.2, 0) is 10.0 Å². The number of fused-ring (bicyclic) bond motifs is 1. The summed E-state index contributed by atoms with van der Waals surface area (Å²) in [5.74, 6) is 0. The third-order valence-corrected chi connectivity index (χ3v) is 7.92. The van der Waals surface area contributed by atoms with Gasteiger partial charge in [-0.05, 0) is 40.2 Å². The second-order valence-electron chi connectivity index (χ2n) is 5.41. The van der Waals surface area contributed by atoms with Crippen molar-refractivity contribution in [2.45, 2.75) is 4.21 Å². The average Bonchev–Trinajstić information content (AvgIpc) is 3.21. The first-order chi connectivity index (χ1) is 11.5. The van der Waals surface area contributed by atoms with Gasteiger partial charge in [-0.1, -0.05) is 12.1 Å². The first-order valence-corrected chi connectivity index (χ1v) is 10.4. The lowest BCUT2D eigenvalue weighted by atomic mass is 10.3. The van der Waals surface area contributed by atoms with Gasteiger partial charge in [-0.15, -0.1) is 11.3 Å². The number of thiophene rings is 1. The van der Waals surface area contributed by atoms with Gasteiger partial charge < -0.3 is 9.32 Å². The molecule has 0 saturated carbocycles. The van der Waals surface area contributed by atoms with Crippen molar-refractivity contribution in [2.75, 3.05) is 31.1 Å². The molecular formula is C15H14BrN3O3S2. The van der Waals surface area contributed by atoms with Crippen LogP contribution >= 0.6 is 27.3 Å². The number of benzene rings is 1. The summed E-state index contributed by atoms with van der Waals surface area (Å²) < 4.78 is 33.7. The molecule has 1 aromatic carbocycles. The number of anilines is 1. The predicted molar refractivity (Wildman–Crippen MR) is 97.0 cm³/mol. The summed E-state index contributed by atoms with van der Waals surface area (Å²) in [6, 6.07) is 11.5. The van der Waals surface area contributed by atoms with Crippen molar-refractivity contribution in [3.63, 3.8) is 0 Å². The quantitative estimate of drug-likeness (QED) is 0.641. The number of nitrogens with zero attached hydrogens (tertiary/aromatic N) is 3. The maximum atomic E-state index is 12.6. The van der Waals surface area contributed by atoms with Gasteiger partial charge >= 0.3 is 0 Å². The number of oxazole rings is 1. The Balaban J connectivity index is 1.50. The fourth-order valence-electron chi connectivity index (χ4n) is 2.68. The van der Waals surface area contributed by atoms with Crippen LogP contribution in [0.25, 0.3) is 11.1 Å². The number of rotatable bonds is 3. The molecule has 9 heteroatoms. The Kier molecular flexibility index (Phi) is 4.11. The molecule has 1 fully saturated rings. The molecule has 1 saturated heterocycles. The molecule has 0 bridgehead atoms. The lowest BCUT2D eigenvalue weighted by Gasteiger charge is -2.32. The number of piperazine rings is 1. The second-order valence-corrected chi connectivity index (χ2v) is 10.0. The summed E-state index contributed by atoms with van der Waals surface area (Å²) in [5.41, 5.74) is 1.55. The number of sulfonamides is 1. The van der Waals surface area contributed by atoms with Gasteiger partial charge in [0, 0.05) is 26.2 Å². The van der Waals surface area contributed by atoms with Gasteiger partial charge in [0.25, 0.3) is 16.0 Å². The van der Waals surface area contributed by atoms with Crippen LogP contribution in [0.4, 0.5) is 6.01 Å². The largest absolute Gasteiger partial charge is 0.423 e. The lowest BCUT2D eigenvalue weighted by molar-refractivity contribution is 0.374. The zero-order valence-corrected chi connectivity index (χ0v) is 15.8. The Morgan fingerprint density at radius 1 is 1.08 bits per heavy atom. The van der Waals surface area contributed by atoms with E-state index in [1.54, 1.807) is 12.1 Å². The zero-order valence-electron chi connectivity index (χ0n) is 12.6. The number of hydrogen-bond donors (Lipinski definition) is 0. The van der Waals surface area contributed by atoms with Crippen molar-refractivity contribution < 1.29 is 12.8 Å². The van der Waals surface area contributed by atoms with Crippen LogP contribution in [0.2, 0.25) is 0 Å². The highest BCUT2D eigenvalue weighted by atomic mass is 79.9. The highest BCUT2D eigenvalue weighted by molar-refractivity contribution is 9.11. The van der Waals surface area contributed by atoms with Crippen molar-refractivity contribution in [2.24, 2.45) is 0 Å². The third kappa shape index (κ3) is 2.85. The summed E-state index contributed by atoms with van der Waals surface area (Å²) in [5, 5.41) is 0. The minimum atomic E-state index is -3.43. The van der Waals surface area contributed by atoms with Crippen molar-refractivity contribution in [3.8, 4) is 0 Å². The number of para-hydroxylation sites is 2. The van der Waals surface area contributed by atoms with E-state index in [2.05, 4.69) is 20.9 Å². The van der Waals surface area contributed by atoms with E-state index >= 15 is 0 Å². The molecule has 0 aliphatic carbocycles. The van der Waals surface area contributed by atoms with Crippen LogP contribution < -0.4 is 4.90 Å². The first-order valence-electron chi connectivity index (χ1n) is 7.40. The van der Waals surface area contributed by atoms with Crippen LogP contribution in [0.5, 0.6) is 0 Å². The highest BCUT2D eigenvalue weighted by Gasteiger charge is 2.30. The van der Waals surface area contributed by atoms with Gasteiger partial charge in [0.05, 0.1) is 3.79 Å². The van der Waals surface area contributed by atoms with E-state index in [-0.39, 0.29) is 0 Å². The van der Waals surface area contributed by atoms with Crippen LogP contribution in [0.3, 0.4) is 0 Å². The summed E-state index contributed by atoms with van der Waals surface area (Å²) in [7, 11) is -3.43. The number of aromatic nitrogens is 1. The summed E-state index contributed by atoms with van der Waals surface area (Å²) in [6.45, 7) is 1.93. The molecule has 2 aromatic heterocycles. The molecule has 0 atom stereocenters. The maximum absolute atomic E-state index is 12.6. The van der Waals surface area contributed by atoms with Crippen LogP contribution in [-0.4, -0.2) is 43.9 Å². The number of halogens is 1. The molecule has 0 unspecified atom stereocenters. The predicted octanol–water partition coefficient (Wildman–Crippen LogP) is 3.16. The molecule has 0 amide bonds. The van der Waals surface area contributed by atoms with Gasteiger partial charge in [0.2, 0.25) is 0 Å². The smallest absolute Gasteiger partial charge is 0.298 e. The van der Waals surface area contributed by atoms with Crippen LogP contribution in [0.15, 0.2) is 48.8 Å². The minimum absolute atomic E-state index is 0.365. The normalized spacial score (nSPS) is 16.8. The Hall–Kier alpha value is -1.42. The van der Waals surface area contributed by atoms with Crippen molar-refractivity contribution >= 4 is 54.4 Å². The topological polar surface area (TPSA) is 66.7 Å². The standard InChI is InChI=1S/C15H14BrN3O3S2/c16-13-5-6-14(23-13)24(20,21)19-9-7-18(8-10-19)15-17-11-3-1-2-4-12(11)22-15/h1-6H,7-10H2. The minimum Gasteiger partial charge on any atom is -0.423 e. The van der Waals surface area contributed by atoms with Gasteiger partial charge in [-0.2, -0.15) is 9.29 Å². The Morgan fingerprint density at radius 3 is 2.50 bits per heavy atom. The van der Waals surface area contributed by atoms with Crippen molar-refractivity contribution in [3.05, 3.63) is 40.2 Å². The van der Waals surface area contributed by atoms with Crippen molar-refractivity contribution in [1.29, 1.82) is 0 Å². The molecule has 4 rings (SSSR count). The molecule has 0 radical (unpaired) electrons. The summed E-state index contributed by atoms with van der Waals surface area (Å²) >= 11 is 4.54. The summed E-state index contributed by atoms with van der Waals surface area (Å²) in [6.07, 6.45) is 0. The Bertz CT molecular complexity index is 942. The summed E-state index contributed by atoms with van der Waals surface area (Å²) in [4.78, 5) is 6.45. The molecule has 6 nitrogen and oxygen atoms in total. The Morgan fingerprint density at radius 2 is 1.83 bits per heavy atom. The fraction of sp³-hybridized carbons (Fsp3) is 0.267. The molecule has 0 spiro atoms. The molecule has 0 N–H and O–H groups in total. The maximum Gasteiger partial charge on any atom is 0.298 e. The zero-order chi connectivity index (χ0) is 16.7. The van der Waals surface area contributed by atoms with Crippen LogP contribution in [0, 0.1) is 0 Å². The average molecular weight is 428 g/mol. The Labute approximate surface area is 151 Å². The monoisotopic (exact) mass is 427 g/mol. The highest BCUT2D eigenvalue weighted by Crippen LogP contribution is 2.29. The van der Waals surface area contributed by atoms with E-state index in [1.165, 1.54) is 15.6 Å². The van der Waals surface area contributed by atoms with Gasteiger partial charge in [0.1, 0.15) is 9.73 Å². The molecule has 1 aliphatic rings. The fourth-order valence-corrected chi connectivity index (χ4v) is 6.27. The SMILES string of the molecule is O=S(=O)(c1ccc(Br)s1)N1CCN(c2nc3ccccc3o2)CC1. The van der Waals surface area contributed by atoms with E-state index in [0.717, 1.165) is 14.9 Å². The molecule has 126 valence electrons. The first kappa shape index (κ1) is 16.1. The molecule has 24 heavy (non-hydrogen) atoms. The molecule has 3 heterocycles. The van der Waals surface area contributed by atoms with Gasteiger partial charge in [-0.3, -0.25) is 0 Å². The van der Waals surface area contributed by atoms with Gasteiger partial charge in [0.15, 0.2) is 5.58 Å². The second kappa shape index (κ2) is 6.14. The van der Waals surface area contributed by atoms with E-state index in [4.69, 9.17) is 4.42 Å². The molecule has 3 aromatic rings. The van der Waals surface area contributed by atoms with Gasteiger partial charge in [-0.25, -0.2) is 8.42 Å². The number of hydrogen-bond acceptors (Lipinski definition) is 6.